The van der Waals surface area contributed by atoms with Crippen molar-refractivity contribution < 1.29 is 0 Å². The van der Waals surface area contributed by atoms with Crippen LogP contribution in [-0.4, -0.2) is 6.54 Å². The molecule has 2 N–H and O–H groups in total. The Morgan fingerprint density at radius 3 is 2.53 bits per heavy atom. The molecule has 0 aliphatic rings. The molecule has 17 heavy (non-hydrogen) atoms. The van der Waals surface area contributed by atoms with Crippen molar-refractivity contribution in [2.45, 2.75) is 40.5 Å². The minimum Gasteiger partial charge on any atom is -0.330 e. The van der Waals surface area contributed by atoms with Gasteiger partial charge in [0.05, 0.1) is 0 Å². The van der Waals surface area contributed by atoms with Crippen LogP contribution in [0.15, 0.2) is 24.3 Å². The lowest BCUT2D eigenvalue weighted by molar-refractivity contribution is 0.823. The fourth-order valence-electron chi connectivity index (χ4n) is 2.17. The van der Waals surface area contributed by atoms with E-state index < -0.39 is 0 Å². The van der Waals surface area contributed by atoms with Crippen molar-refractivity contribution >= 4 is 5.57 Å². The Morgan fingerprint density at radius 1 is 1.29 bits per heavy atom. The Kier molecular flexibility index (Phi) is 5.43. The maximum absolute atomic E-state index is 5.55. The number of rotatable bonds is 5. The van der Waals surface area contributed by atoms with Gasteiger partial charge >= 0.3 is 0 Å². The molecule has 1 rings (SSSR count). The highest BCUT2D eigenvalue weighted by Gasteiger charge is 2.08. The van der Waals surface area contributed by atoms with Crippen LogP contribution in [0.3, 0.4) is 0 Å². The van der Waals surface area contributed by atoms with Crippen LogP contribution >= 0.6 is 0 Å². The van der Waals surface area contributed by atoms with Gasteiger partial charge in [0.2, 0.25) is 0 Å². The van der Waals surface area contributed by atoms with Crippen LogP contribution in [0, 0.1) is 19.8 Å². The second kappa shape index (κ2) is 6.61. The molecule has 0 heterocycles. The molecule has 0 atom stereocenters. The molecule has 1 aromatic rings. The first-order chi connectivity index (χ1) is 8.06. The summed E-state index contributed by atoms with van der Waals surface area (Å²) in [6, 6.07) is 6.70. The van der Waals surface area contributed by atoms with E-state index in [0.29, 0.717) is 5.92 Å². The smallest absolute Gasteiger partial charge is 0.00743 e. The van der Waals surface area contributed by atoms with E-state index in [1.165, 1.54) is 22.3 Å². The van der Waals surface area contributed by atoms with Crippen molar-refractivity contribution in [3.63, 3.8) is 0 Å². The summed E-state index contributed by atoms with van der Waals surface area (Å²) in [6.45, 7) is 9.63. The summed E-state index contributed by atoms with van der Waals surface area (Å²) in [7, 11) is 0. The minimum absolute atomic E-state index is 0.564. The normalized spacial score (nSPS) is 12.2. The van der Waals surface area contributed by atoms with Gasteiger partial charge in [0.25, 0.3) is 0 Å². The first-order valence-corrected chi connectivity index (χ1v) is 6.54. The largest absolute Gasteiger partial charge is 0.330 e. The summed E-state index contributed by atoms with van der Waals surface area (Å²) >= 11 is 0. The molecule has 0 unspecified atom stereocenters. The molecule has 0 saturated heterocycles. The molecule has 0 aliphatic heterocycles. The number of benzene rings is 1. The third-order valence-corrected chi connectivity index (χ3v) is 3.09. The lowest BCUT2D eigenvalue weighted by Gasteiger charge is -2.15. The van der Waals surface area contributed by atoms with Crippen molar-refractivity contribution in [3.8, 4) is 0 Å². The van der Waals surface area contributed by atoms with E-state index in [-0.39, 0.29) is 0 Å². The first-order valence-electron chi connectivity index (χ1n) is 6.54. The lowest BCUT2D eigenvalue weighted by atomic mass is 9.90. The summed E-state index contributed by atoms with van der Waals surface area (Å²) in [5, 5.41) is 0. The van der Waals surface area contributed by atoms with E-state index in [0.717, 1.165) is 19.4 Å². The average Bonchev–Trinajstić information content (AvgIpc) is 2.25. The Hall–Kier alpha value is -1.08. The maximum atomic E-state index is 5.55. The zero-order valence-electron chi connectivity index (χ0n) is 11.6. The Labute approximate surface area is 106 Å². The monoisotopic (exact) mass is 231 g/mol. The zero-order valence-corrected chi connectivity index (χ0v) is 11.6. The topological polar surface area (TPSA) is 26.0 Å². The fourth-order valence-corrected chi connectivity index (χ4v) is 2.17. The summed E-state index contributed by atoms with van der Waals surface area (Å²) < 4.78 is 0. The first kappa shape index (κ1) is 14.0. The predicted octanol–water partition coefficient (Wildman–Crippen LogP) is 4.08. The van der Waals surface area contributed by atoms with Gasteiger partial charge in [-0.3, -0.25) is 0 Å². The maximum Gasteiger partial charge on any atom is -0.00743 e. The third-order valence-electron chi connectivity index (χ3n) is 3.09. The van der Waals surface area contributed by atoms with Gasteiger partial charge in [0.1, 0.15) is 0 Å². The number of nitrogens with two attached hydrogens (primary N) is 1. The van der Waals surface area contributed by atoms with Crippen molar-refractivity contribution in [2.24, 2.45) is 11.7 Å². The van der Waals surface area contributed by atoms with Crippen molar-refractivity contribution in [1.82, 2.24) is 0 Å². The number of unbranched alkanes of at least 4 members (excludes halogenated alkanes) is 1. The summed E-state index contributed by atoms with van der Waals surface area (Å²) in [4.78, 5) is 0. The highest BCUT2D eigenvalue weighted by molar-refractivity contribution is 5.69. The molecule has 1 heteroatoms. The summed E-state index contributed by atoms with van der Waals surface area (Å²) in [5.41, 5.74) is 11.1. The third kappa shape index (κ3) is 4.01. The molecule has 0 aromatic heterocycles. The molecule has 1 aromatic carbocycles. The van der Waals surface area contributed by atoms with Crippen LogP contribution < -0.4 is 5.73 Å². The van der Waals surface area contributed by atoms with Crippen molar-refractivity contribution in [3.05, 3.63) is 41.0 Å². The zero-order chi connectivity index (χ0) is 12.8. The van der Waals surface area contributed by atoms with Gasteiger partial charge in [0, 0.05) is 0 Å². The predicted molar refractivity (Wildman–Crippen MR) is 77.0 cm³/mol. The lowest BCUT2D eigenvalue weighted by Crippen LogP contribution is -2.00. The van der Waals surface area contributed by atoms with Crippen LogP contribution in [0.1, 0.15) is 43.4 Å². The van der Waals surface area contributed by atoms with Gasteiger partial charge < -0.3 is 5.73 Å². The van der Waals surface area contributed by atoms with Crippen LogP contribution in [0.25, 0.3) is 5.57 Å². The number of aryl methyl sites for hydroxylation is 2. The molecule has 0 aliphatic carbocycles. The van der Waals surface area contributed by atoms with E-state index in [1.807, 2.05) is 0 Å². The molecule has 0 fully saturated rings. The Morgan fingerprint density at radius 2 is 2.00 bits per heavy atom. The van der Waals surface area contributed by atoms with Crippen LogP contribution in [-0.2, 0) is 0 Å². The standard InChI is InChI=1S/C16H25N/c1-12(2)15(7-5-6-10-17)16-9-8-13(3)11-14(16)4/h7-9,11-12H,5-6,10,17H2,1-4H3/b15-7+. The molecule has 0 saturated carbocycles. The SMILES string of the molecule is Cc1ccc(/C(=C/CCCN)C(C)C)c(C)c1. The molecule has 0 radical (unpaired) electrons. The second-order valence-electron chi connectivity index (χ2n) is 5.06. The second-order valence-corrected chi connectivity index (χ2v) is 5.06. The van der Waals surface area contributed by atoms with E-state index in [2.05, 4.69) is 52.0 Å². The molecule has 0 amide bonds. The van der Waals surface area contributed by atoms with Gasteiger partial charge in [-0.2, -0.15) is 0 Å². The number of allylic oxidation sites excluding steroid dienone is 2. The molecular formula is C16H25N. The molecule has 0 bridgehead atoms. The average molecular weight is 231 g/mol. The highest BCUT2D eigenvalue weighted by atomic mass is 14.5. The van der Waals surface area contributed by atoms with Gasteiger partial charge in [-0.1, -0.05) is 43.7 Å². The molecular weight excluding hydrogens is 206 g/mol. The van der Waals surface area contributed by atoms with Crippen molar-refractivity contribution in [2.75, 3.05) is 6.54 Å². The summed E-state index contributed by atoms with van der Waals surface area (Å²) in [5.74, 6) is 0.564. The van der Waals surface area contributed by atoms with E-state index in [1.54, 1.807) is 0 Å². The molecule has 94 valence electrons. The number of hydrogen-bond donors (Lipinski definition) is 1. The summed E-state index contributed by atoms with van der Waals surface area (Å²) in [6.07, 6.45) is 4.51. The van der Waals surface area contributed by atoms with Crippen LogP contribution in [0.4, 0.5) is 0 Å². The van der Waals surface area contributed by atoms with E-state index in [9.17, 15) is 0 Å². The van der Waals surface area contributed by atoms with E-state index >= 15 is 0 Å². The van der Waals surface area contributed by atoms with Gasteiger partial charge in [-0.15, -0.1) is 0 Å². The Balaban J connectivity index is 3.01. The highest BCUT2D eigenvalue weighted by Crippen LogP contribution is 2.27. The van der Waals surface area contributed by atoms with Crippen LogP contribution in [0.2, 0.25) is 0 Å². The molecule has 1 nitrogen and oxygen atoms in total. The molecule has 0 spiro atoms. The van der Waals surface area contributed by atoms with Gasteiger partial charge in [-0.25, -0.2) is 0 Å². The fraction of sp³-hybridized carbons (Fsp3) is 0.500. The Bertz CT molecular complexity index is 389. The van der Waals surface area contributed by atoms with Crippen LogP contribution in [0.5, 0.6) is 0 Å². The van der Waals surface area contributed by atoms with E-state index in [4.69, 9.17) is 5.73 Å². The quantitative estimate of drug-likeness (QED) is 0.759. The minimum atomic E-state index is 0.564. The van der Waals surface area contributed by atoms with Gasteiger partial charge in [-0.05, 0) is 55.9 Å². The number of hydrogen-bond acceptors (Lipinski definition) is 1. The van der Waals surface area contributed by atoms with Crippen molar-refractivity contribution in [1.29, 1.82) is 0 Å². The van der Waals surface area contributed by atoms with Gasteiger partial charge in [0.15, 0.2) is 0 Å².